The first kappa shape index (κ1) is 9.83. The second kappa shape index (κ2) is 3.87. The Labute approximate surface area is 69.9 Å². The first-order chi connectivity index (χ1) is 3.98. The summed E-state index contributed by atoms with van der Waals surface area (Å²) < 4.78 is -0.976. The molecule has 4 heteroatoms. The molecule has 1 nitrogen and oxygen atoms in total. The van der Waals surface area contributed by atoms with Crippen LogP contribution < -0.4 is 0 Å². The Bertz CT molecular complexity index is 82.3. The molecule has 0 fully saturated rings. The van der Waals surface area contributed by atoms with Gasteiger partial charge in [-0.05, 0) is 6.92 Å². The minimum Gasteiger partial charge on any atom is -0.393 e. The van der Waals surface area contributed by atoms with Crippen molar-refractivity contribution in [3.05, 3.63) is 0 Å². The summed E-state index contributed by atoms with van der Waals surface area (Å²) in [6, 6.07) is 0. The summed E-state index contributed by atoms with van der Waals surface area (Å²) >= 11 is 16.5. The average Bonchev–Trinajstić information content (AvgIpc) is 1.63. The molecular weight excluding hydrogens is 182 g/mol. The first-order valence-electron chi connectivity index (χ1n) is 2.60. The highest BCUT2D eigenvalue weighted by Crippen LogP contribution is 2.27. The SMILES string of the molecule is CC(O)CC(Cl)(Cl)CCl. The molecule has 0 aliphatic rings. The van der Waals surface area contributed by atoms with Gasteiger partial charge in [0.05, 0.1) is 12.0 Å². The normalized spacial score (nSPS) is 15.7. The van der Waals surface area contributed by atoms with Crippen LogP contribution in [0.1, 0.15) is 13.3 Å². The quantitative estimate of drug-likeness (QED) is 0.678. The summed E-state index contributed by atoms with van der Waals surface area (Å²) in [6.07, 6.45) is -0.196. The molecule has 1 unspecified atom stereocenters. The first-order valence-corrected chi connectivity index (χ1v) is 3.89. The lowest BCUT2D eigenvalue weighted by Crippen LogP contribution is -2.21. The molecule has 0 aromatic heterocycles. The van der Waals surface area contributed by atoms with Gasteiger partial charge >= 0.3 is 0 Å². The number of aliphatic hydroxyl groups is 1. The van der Waals surface area contributed by atoms with E-state index in [-0.39, 0.29) is 5.88 Å². The molecule has 0 saturated carbocycles. The summed E-state index contributed by atoms with van der Waals surface area (Å²) in [6.45, 7) is 1.62. The zero-order chi connectivity index (χ0) is 7.49. The van der Waals surface area contributed by atoms with Gasteiger partial charge in [-0.3, -0.25) is 0 Å². The molecule has 56 valence electrons. The van der Waals surface area contributed by atoms with E-state index < -0.39 is 10.4 Å². The Kier molecular flexibility index (Phi) is 4.22. The fourth-order valence-corrected chi connectivity index (χ4v) is 1.04. The Balaban J connectivity index is 3.58. The summed E-state index contributed by atoms with van der Waals surface area (Å²) in [7, 11) is 0. The summed E-state index contributed by atoms with van der Waals surface area (Å²) in [4.78, 5) is 0. The highest BCUT2D eigenvalue weighted by molar-refractivity contribution is 6.51. The molecule has 0 heterocycles. The van der Waals surface area contributed by atoms with Crippen molar-refractivity contribution in [1.82, 2.24) is 0 Å². The van der Waals surface area contributed by atoms with E-state index in [4.69, 9.17) is 39.9 Å². The van der Waals surface area contributed by atoms with Crippen LogP contribution in [0.15, 0.2) is 0 Å². The number of aliphatic hydroxyl groups excluding tert-OH is 1. The van der Waals surface area contributed by atoms with Crippen LogP contribution in [0.3, 0.4) is 0 Å². The van der Waals surface area contributed by atoms with Crippen LogP contribution in [0.4, 0.5) is 0 Å². The number of halogens is 3. The van der Waals surface area contributed by atoms with Crippen molar-refractivity contribution < 1.29 is 5.11 Å². The van der Waals surface area contributed by atoms with Gasteiger partial charge in [0.2, 0.25) is 0 Å². The van der Waals surface area contributed by atoms with Crippen molar-refractivity contribution >= 4 is 34.8 Å². The lowest BCUT2D eigenvalue weighted by Gasteiger charge is -2.16. The van der Waals surface area contributed by atoms with E-state index >= 15 is 0 Å². The highest BCUT2D eigenvalue weighted by atomic mass is 35.5. The van der Waals surface area contributed by atoms with Crippen LogP contribution in [0.5, 0.6) is 0 Å². The van der Waals surface area contributed by atoms with E-state index in [2.05, 4.69) is 0 Å². The minimum atomic E-state index is -0.976. The van der Waals surface area contributed by atoms with E-state index in [1.807, 2.05) is 0 Å². The molecule has 0 aromatic rings. The topological polar surface area (TPSA) is 20.2 Å². The number of hydrogen-bond donors (Lipinski definition) is 1. The maximum absolute atomic E-state index is 8.79. The molecule has 0 saturated heterocycles. The molecule has 0 aliphatic carbocycles. The van der Waals surface area contributed by atoms with E-state index in [1.165, 1.54) is 0 Å². The molecule has 9 heavy (non-hydrogen) atoms. The molecule has 0 aromatic carbocycles. The van der Waals surface area contributed by atoms with E-state index in [9.17, 15) is 0 Å². The van der Waals surface area contributed by atoms with Crippen molar-refractivity contribution in [2.75, 3.05) is 5.88 Å². The maximum Gasteiger partial charge on any atom is 0.134 e. The lowest BCUT2D eigenvalue weighted by atomic mass is 10.2. The minimum absolute atomic E-state index is 0.140. The Hall–Kier alpha value is 0.830. The van der Waals surface area contributed by atoms with Crippen LogP contribution >= 0.6 is 34.8 Å². The Morgan fingerprint density at radius 3 is 2.11 bits per heavy atom. The third-order valence-electron chi connectivity index (χ3n) is 0.790. The van der Waals surface area contributed by atoms with Crippen LogP contribution in [0.25, 0.3) is 0 Å². The molecule has 1 N–H and O–H groups in total. The van der Waals surface area contributed by atoms with Crippen molar-refractivity contribution in [3.63, 3.8) is 0 Å². The summed E-state index contributed by atoms with van der Waals surface area (Å²) in [5.74, 6) is 0.140. The van der Waals surface area contributed by atoms with Gasteiger partial charge in [-0.25, -0.2) is 0 Å². The van der Waals surface area contributed by atoms with Crippen LogP contribution in [-0.2, 0) is 0 Å². The molecule has 0 aliphatic heterocycles. The molecule has 0 rings (SSSR count). The standard InChI is InChI=1S/C5H9Cl3O/c1-4(9)2-5(7,8)3-6/h4,9H,2-3H2,1H3. The van der Waals surface area contributed by atoms with Crippen molar-refractivity contribution in [3.8, 4) is 0 Å². The largest absolute Gasteiger partial charge is 0.393 e. The Morgan fingerprint density at radius 2 is 2.00 bits per heavy atom. The average molecular weight is 191 g/mol. The Morgan fingerprint density at radius 1 is 1.56 bits per heavy atom. The number of hydrogen-bond acceptors (Lipinski definition) is 1. The molecule has 0 radical (unpaired) electrons. The molecule has 0 amide bonds. The van der Waals surface area contributed by atoms with Crippen molar-refractivity contribution in [2.24, 2.45) is 0 Å². The zero-order valence-corrected chi connectivity index (χ0v) is 7.34. The fourth-order valence-electron chi connectivity index (χ4n) is 0.487. The molecule has 1 atom stereocenters. The van der Waals surface area contributed by atoms with E-state index in [0.717, 1.165) is 0 Å². The van der Waals surface area contributed by atoms with Gasteiger partial charge in [-0.2, -0.15) is 0 Å². The molecule has 0 spiro atoms. The third-order valence-corrected chi connectivity index (χ3v) is 2.10. The maximum atomic E-state index is 8.79. The van der Waals surface area contributed by atoms with Crippen LogP contribution in [0.2, 0.25) is 0 Å². The van der Waals surface area contributed by atoms with Crippen molar-refractivity contribution in [1.29, 1.82) is 0 Å². The molecule has 0 bridgehead atoms. The van der Waals surface area contributed by atoms with E-state index in [0.29, 0.717) is 6.42 Å². The monoisotopic (exact) mass is 190 g/mol. The third kappa shape index (κ3) is 5.28. The van der Waals surface area contributed by atoms with Gasteiger partial charge < -0.3 is 5.11 Å². The predicted molar refractivity (Wildman–Crippen MR) is 41.5 cm³/mol. The van der Waals surface area contributed by atoms with Gasteiger partial charge in [0.25, 0.3) is 0 Å². The second-order valence-corrected chi connectivity index (χ2v) is 3.95. The number of rotatable bonds is 3. The van der Waals surface area contributed by atoms with Crippen molar-refractivity contribution in [2.45, 2.75) is 23.8 Å². The van der Waals surface area contributed by atoms with E-state index in [1.54, 1.807) is 6.92 Å². The van der Waals surface area contributed by atoms with Gasteiger partial charge in [0.15, 0.2) is 0 Å². The molecular formula is C5H9Cl3O. The van der Waals surface area contributed by atoms with Gasteiger partial charge in [-0.15, -0.1) is 34.8 Å². The van der Waals surface area contributed by atoms with Gasteiger partial charge in [0.1, 0.15) is 4.33 Å². The fraction of sp³-hybridized carbons (Fsp3) is 1.00. The zero-order valence-electron chi connectivity index (χ0n) is 5.07. The van der Waals surface area contributed by atoms with Gasteiger partial charge in [0, 0.05) is 6.42 Å². The highest BCUT2D eigenvalue weighted by Gasteiger charge is 2.24. The smallest absolute Gasteiger partial charge is 0.134 e. The second-order valence-electron chi connectivity index (χ2n) is 2.04. The predicted octanol–water partition coefficient (Wildman–Crippen LogP) is 2.17. The van der Waals surface area contributed by atoms with Gasteiger partial charge in [-0.1, -0.05) is 0 Å². The van der Waals surface area contributed by atoms with Crippen LogP contribution in [-0.4, -0.2) is 21.4 Å². The summed E-state index contributed by atoms with van der Waals surface area (Å²) in [5, 5.41) is 8.79. The van der Waals surface area contributed by atoms with Crippen LogP contribution in [0, 0.1) is 0 Å². The number of alkyl halides is 3. The lowest BCUT2D eigenvalue weighted by molar-refractivity contribution is 0.181. The summed E-state index contributed by atoms with van der Waals surface area (Å²) in [5.41, 5.74) is 0.